The average Bonchev–Trinajstić information content (AvgIpc) is 3.16. The lowest BCUT2D eigenvalue weighted by atomic mass is 9.87. The van der Waals surface area contributed by atoms with Crippen molar-refractivity contribution in [3.05, 3.63) is 48.3 Å². The van der Waals surface area contributed by atoms with Gasteiger partial charge in [-0.25, -0.2) is 0 Å². The van der Waals surface area contributed by atoms with Crippen LogP contribution in [0.3, 0.4) is 0 Å². The molecule has 23 heavy (non-hydrogen) atoms. The van der Waals surface area contributed by atoms with E-state index in [1.165, 1.54) is 4.90 Å². The molecule has 0 radical (unpaired) electrons. The molecule has 1 saturated heterocycles. The van der Waals surface area contributed by atoms with Crippen molar-refractivity contribution in [2.75, 3.05) is 19.3 Å². The Morgan fingerprint density at radius 3 is 2.70 bits per heavy atom. The molecular formula is C17H22N4OS. The number of rotatable bonds is 5. The van der Waals surface area contributed by atoms with Crippen LogP contribution in [0.15, 0.2) is 47.6 Å². The fourth-order valence-corrected chi connectivity index (χ4v) is 3.42. The minimum Gasteiger partial charge on any atom is -0.350 e. The number of thioether (sulfide) groups is 1. The molecule has 1 fully saturated rings. The van der Waals surface area contributed by atoms with E-state index in [0.29, 0.717) is 6.54 Å². The first-order chi connectivity index (χ1) is 11.2. The number of carbonyl (C=O) groups is 1. The van der Waals surface area contributed by atoms with Crippen molar-refractivity contribution in [2.24, 2.45) is 0 Å². The first-order valence-corrected chi connectivity index (χ1v) is 9.09. The van der Waals surface area contributed by atoms with E-state index in [1.807, 2.05) is 16.9 Å². The third-order valence-electron chi connectivity index (χ3n) is 4.41. The highest BCUT2D eigenvalue weighted by Crippen LogP contribution is 2.27. The number of nitrogens with zero attached hydrogens (tertiary/aromatic N) is 2. The molecule has 2 heterocycles. The minimum atomic E-state index is -0.575. The lowest BCUT2D eigenvalue weighted by Gasteiger charge is -2.36. The highest BCUT2D eigenvalue weighted by molar-refractivity contribution is 7.98. The number of nitrogens with one attached hydrogen (secondary N) is 2. The van der Waals surface area contributed by atoms with Crippen LogP contribution in [-0.4, -0.2) is 35.0 Å². The Balaban J connectivity index is 1.71. The third kappa shape index (κ3) is 3.43. The predicted molar refractivity (Wildman–Crippen MR) is 92.4 cm³/mol. The number of hydrogen-bond donors (Lipinski definition) is 2. The van der Waals surface area contributed by atoms with E-state index < -0.39 is 5.54 Å². The zero-order chi connectivity index (χ0) is 16.1. The van der Waals surface area contributed by atoms with Crippen molar-refractivity contribution < 1.29 is 4.79 Å². The summed E-state index contributed by atoms with van der Waals surface area (Å²) in [5.41, 5.74) is 0.536. The van der Waals surface area contributed by atoms with Crippen LogP contribution in [0.25, 0.3) is 0 Å². The maximum absolute atomic E-state index is 12.9. The van der Waals surface area contributed by atoms with Gasteiger partial charge in [0, 0.05) is 23.8 Å². The molecule has 1 aromatic heterocycles. The second-order valence-corrected chi connectivity index (χ2v) is 6.64. The van der Waals surface area contributed by atoms with Crippen molar-refractivity contribution >= 4 is 17.7 Å². The molecule has 1 amide bonds. The molecule has 2 N–H and O–H groups in total. The summed E-state index contributed by atoms with van der Waals surface area (Å²) < 4.78 is 1.82. The highest BCUT2D eigenvalue weighted by atomic mass is 32.2. The fourth-order valence-electron chi connectivity index (χ4n) is 3.01. The molecule has 122 valence electrons. The monoisotopic (exact) mass is 330 g/mol. The van der Waals surface area contributed by atoms with Crippen molar-refractivity contribution in [1.82, 2.24) is 20.4 Å². The van der Waals surface area contributed by atoms with Crippen LogP contribution in [0.1, 0.15) is 18.4 Å². The number of aromatic nitrogens is 2. The maximum Gasteiger partial charge on any atom is 0.248 e. The quantitative estimate of drug-likeness (QED) is 0.823. The second-order valence-electron chi connectivity index (χ2n) is 5.76. The zero-order valence-electron chi connectivity index (χ0n) is 13.3. The summed E-state index contributed by atoms with van der Waals surface area (Å²) in [5, 5.41) is 10.8. The average molecular weight is 330 g/mol. The molecule has 2 aromatic rings. The van der Waals surface area contributed by atoms with Crippen molar-refractivity contribution in [1.29, 1.82) is 0 Å². The third-order valence-corrected chi connectivity index (χ3v) is 5.15. The van der Waals surface area contributed by atoms with Gasteiger partial charge >= 0.3 is 0 Å². The van der Waals surface area contributed by atoms with Crippen LogP contribution in [-0.2, 0) is 16.9 Å². The summed E-state index contributed by atoms with van der Waals surface area (Å²) in [6.07, 6.45) is 7.19. The number of carbonyl (C=O) groups excluding carboxylic acids is 1. The molecule has 0 spiro atoms. The van der Waals surface area contributed by atoms with E-state index in [1.54, 1.807) is 18.0 Å². The SMILES string of the molecule is CSc1ccc(CNC(=O)C2(n3cccn3)CCNCC2)cc1. The van der Waals surface area contributed by atoms with Gasteiger partial charge in [0.2, 0.25) is 5.91 Å². The molecule has 5 nitrogen and oxygen atoms in total. The maximum atomic E-state index is 12.9. The Labute approximate surface area is 140 Å². The van der Waals surface area contributed by atoms with Gasteiger partial charge in [-0.2, -0.15) is 5.10 Å². The summed E-state index contributed by atoms with van der Waals surface area (Å²) in [5.74, 6) is 0.0524. The Kier molecular flexibility index (Phi) is 5.03. The van der Waals surface area contributed by atoms with Crippen LogP contribution in [0, 0.1) is 0 Å². The van der Waals surface area contributed by atoms with Crippen LogP contribution in [0.4, 0.5) is 0 Å². The van der Waals surface area contributed by atoms with Crippen molar-refractivity contribution in [3.8, 4) is 0 Å². The van der Waals surface area contributed by atoms with Gasteiger partial charge in [0.05, 0.1) is 0 Å². The van der Waals surface area contributed by atoms with E-state index >= 15 is 0 Å². The van der Waals surface area contributed by atoms with Gasteiger partial charge in [-0.05, 0) is 55.9 Å². The van der Waals surface area contributed by atoms with Crippen molar-refractivity contribution in [2.45, 2.75) is 29.8 Å². The van der Waals surface area contributed by atoms with Crippen LogP contribution in [0.2, 0.25) is 0 Å². The topological polar surface area (TPSA) is 59.0 Å². The standard InChI is InChI=1S/C17H22N4OS/c1-23-15-5-3-14(4-6-15)13-19-16(22)17(7-10-18-11-8-17)21-12-2-9-20-21/h2-6,9,12,18H,7-8,10-11,13H2,1H3,(H,19,22). The zero-order valence-corrected chi connectivity index (χ0v) is 14.1. The first kappa shape index (κ1) is 16.1. The van der Waals surface area contributed by atoms with E-state index in [0.717, 1.165) is 31.5 Å². The van der Waals surface area contributed by atoms with Gasteiger partial charge < -0.3 is 10.6 Å². The normalized spacial score (nSPS) is 16.9. The number of hydrogen-bond acceptors (Lipinski definition) is 4. The smallest absolute Gasteiger partial charge is 0.248 e. The number of benzene rings is 1. The van der Waals surface area contributed by atoms with E-state index in [9.17, 15) is 4.79 Å². The van der Waals surface area contributed by atoms with Crippen LogP contribution >= 0.6 is 11.8 Å². The van der Waals surface area contributed by atoms with Crippen molar-refractivity contribution in [3.63, 3.8) is 0 Å². The molecule has 0 aliphatic carbocycles. The van der Waals surface area contributed by atoms with Crippen LogP contribution < -0.4 is 10.6 Å². The second kappa shape index (κ2) is 7.19. The summed E-state index contributed by atoms with van der Waals surface area (Å²) in [4.78, 5) is 14.1. The van der Waals surface area contributed by atoms with Gasteiger partial charge in [0.25, 0.3) is 0 Å². The lowest BCUT2D eigenvalue weighted by molar-refractivity contribution is -0.132. The largest absolute Gasteiger partial charge is 0.350 e. The predicted octanol–water partition coefficient (Wildman–Crippen LogP) is 2.00. The summed E-state index contributed by atoms with van der Waals surface area (Å²) in [6.45, 7) is 2.20. The van der Waals surface area contributed by atoms with Gasteiger partial charge in [-0.15, -0.1) is 11.8 Å². The Morgan fingerprint density at radius 2 is 2.09 bits per heavy atom. The lowest BCUT2D eigenvalue weighted by Crippen LogP contribution is -2.54. The molecule has 1 aliphatic heterocycles. The van der Waals surface area contributed by atoms with E-state index in [4.69, 9.17) is 0 Å². The van der Waals surface area contributed by atoms with Crippen LogP contribution in [0.5, 0.6) is 0 Å². The molecule has 1 aromatic carbocycles. The van der Waals surface area contributed by atoms with Gasteiger partial charge in [-0.3, -0.25) is 9.48 Å². The highest BCUT2D eigenvalue weighted by Gasteiger charge is 2.41. The Hall–Kier alpha value is -1.79. The van der Waals surface area contributed by atoms with Gasteiger partial charge in [0.15, 0.2) is 0 Å². The molecule has 0 saturated carbocycles. The molecular weight excluding hydrogens is 308 g/mol. The number of piperidine rings is 1. The minimum absolute atomic E-state index is 0.0524. The van der Waals surface area contributed by atoms with E-state index in [-0.39, 0.29) is 5.91 Å². The van der Waals surface area contributed by atoms with Gasteiger partial charge in [0.1, 0.15) is 5.54 Å². The summed E-state index contributed by atoms with van der Waals surface area (Å²) in [7, 11) is 0. The van der Waals surface area contributed by atoms with E-state index in [2.05, 4.69) is 46.3 Å². The van der Waals surface area contributed by atoms with Gasteiger partial charge in [-0.1, -0.05) is 12.1 Å². The number of amides is 1. The fraction of sp³-hybridized carbons (Fsp3) is 0.412. The Bertz CT molecular complexity index is 633. The molecule has 1 aliphatic rings. The summed E-state index contributed by atoms with van der Waals surface area (Å²) in [6, 6.07) is 10.2. The Morgan fingerprint density at radius 1 is 1.35 bits per heavy atom. The molecule has 6 heteroatoms. The molecule has 0 bridgehead atoms. The first-order valence-electron chi connectivity index (χ1n) is 7.87. The summed E-state index contributed by atoms with van der Waals surface area (Å²) >= 11 is 1.72. The molecule has 3 rings (SSSR count). The molecule has 0 atom stereocenters. The molecule has 0 unspecified atom stereocenters.